The van der Waals surface area contributed by atoms with Crippen LogP contribution in [0.2, 0.25) is 0 Å². The molecule has 1 saturated heterocycles. The van der Waals surface area contributed by atoms with Crippen LogP contribution in [0.5, 0.6) is 0 Å². The molecule has 9 N–H and O–H groups in total. The van der Waals surface area contributed by atoms with E-state index in [0.717, 1.165) is 0 Å². The number of nitrogens with one attached hydrogen (secondary N) is 2. The van der Waals surface area contributed by atoms with Crippen molar-refractivity contribution in [1.82, 2.24) is 15.5 Å². The van der Waals surface area contributed by atoms with E-state index in [1.807, 2.05) is 0 Å². The number of aliphatic imine (C=N–C) groups is 1. The second-order valence-corrected chi connectivity index (χ2v) is 7.80. The van der Waals surface area contributed by atoms with Gasteiger partial charge < -0.3 is 37.8 Å². The smallest absolute Gasteiger partial charge is 0.326 e. The van der Waals surface area contributed by atoms with Crippen LogP contribution in [0, 0.1) is 0 Å². The van der Waals surface area contributed by atoms with Crippen molar-refractivity contribution in [3.8, 4) is 0 Å². The van der Waals surface area contributed by atoms with Crippen molar-refractivity contribution in [2.75, 3.05) is 24.6 Å². The second-order valence-electron chi connectivity index (χ2n) is 7.07. The first-order valence-electron chi connectivity index (χ1n) is 9.79. The summed E-state index contributed by atoms with van der Waals surface area (Å²) in [7, 11) is 0. The van der Waals surface area contributed by atoms with Gasteiger partial charge in [0.15, 0.2) is 5.96 Å². The van der Waals surface area contributed by atoms with E-state index >= 15 is 0 Å². The van der Waals surface area contributed by atoms with E-state index in [1.165, 1.54) is 4.90 Å². The van der Waals surface area contributed by atoms with Gasteiger partial charge in [-0.05, 0) is 25.7 Å². The molecule has 3 amide bonds. The molecule has 0 spiro atoms. The van der Waals surface area contributed by atoms with Crippen molar-refractivity contribution >= 4 is 54.9 Å². The summed E-state index contributed by atoms with van der Waals surface area (Å²) in [5.74, 6) is -2.85. The number of carboxylic acids is 1. The average molecular weight is 478 g/mol. The number of hydrogen-bond donors (Lipinski definition) is 8. The Bertz CT molecular complexity index is 690. The number of guanidine groups is 1. The molecule has 176 valence electrons. The van der Waals surface area contributed by atoms with Gasteiger partial charge in [-0.3, -0.25) is 19.4 Å². The van der Waals surface area contributed by atoms with Crippen LogP contribution >= 0.6 is 25.3 Å². The first kappa shape index (κ1) is 26.8. The molecule has 0 aromatic carbocycles. The minimum absolute atomic E-state index is 0.0608. The van der Waals surface area contributed by atoms with Gasteiger partial charge in [-0.25, -0.2) is 4.79 Å². The zero-order valence-corrected chi connectivity index (χ0v) is 18.9. The lowest BCUT2D eigenvalue weighted by Crippen LogP contribution is -2.57. The highest BCUT2D eigenvalue weighted by molar-refractivity contribution is 7.80. The molecule has 4 atom stereocenters. The normalized spacial score (nSPS) is 18.5. The van der Waals surface area contributed by atoms with Crippen LogP contribution in [0.3, 0.4) is 0 Å². The van der Waals surface area contributed by atoms with Crippen LogP contribution in [0.15, 0.2) is 4.99 Å². The van der Waals surface area contributed by atoms with Gasteiger partial charge in [-0.1, -0.05) is 0 Å². The largest absolute Gasteiger partial charge is 0.480 e. The van der Waals surface area contributed by atoms with E-state index in [1.54, 1.807) is 0 Å². The minimum Gasteiger partial charge on any atom is -0.480 e. The Morgan fingerprint density at radius 2 is 1.81 bits per heavy atom. The minimum atomic E-state index is -1.23. The van der Waals surface area contributed by atoms with Gasteiger partial charge in [0.2, 0.25) is 17.7 Å². The van der Waals surface area contributed by atoms with Gasteiger partial charge >= 0.3 is 5.97 Å². The molecule has 1 aliphatic rings. The summed E-state index contributed by atoms with van der Waals surface area (Å²) < 4.78 is 0. The van der Waals surface area contributed by atoms with E-state index in [9.17, 15) is 24.3 Å². The summed E-state index contributed by atoms with van der Waals surface area (Å²) in [6.45, 7) is 0.599. The molecule has 1 aliphatic heterocycles. The first-order chi connectivity index (χ1) is 14.6. The SMILES string of the molecule is NC(N)=NCCCC(NC(=O)C(CS)NC(=O)C1CCCN1C(=O)C(N)CS)C(=O)O. The Labute approximate surface area is 191 Å². The lowest BCUT2D eigenvalue weighted by atomic mass is 10.1. The molecule has 12 nitrogen and oxygen atoms in total. The molecule has 0 aromatic heterocycles. The number of carboxylic acid groups (broad SMARTS) is 1. The van der Waals surface area contributed by atoms with Crippen LogP contribution in [0.4, 0.5) is 0 Å². The molecule has 31 heavy (non-hydrogen) atoms. The van der Waals surface area contributed by atoms with E-state index in [0.29, 0.717) is 25.8 Å². The first-order valence-corrected chi connectivity index (χ1v) is 11.1. The maximum atomic E-state index is 12.7. The number of nitrogens with zero attached hydrogens (tertiary/aromatic N) is 2. The molecule has 14 heteroatoms. The van der Waals surface area contributed by atoms with Gasteiger partial charge in [0.05, 0.1) is 6.04 Å². The fourth-order valence-electron chi connectivity index (χ4n) is 3.09. The van der Waals surface area contributed by atoms with E-state index < -0.39 is 42.0 Å². The predicted octanol–water partition coefficient (Wildman–Crippen LogP) is -2.73. The molecule has 0 bridgehead atoms. The van der Waals surface area contributed by atoms with Gasteiger partial charge in [0.1, 0.15) is 18.1 Å². The third-order valence-corrected chi connectivity index (χ3v) is 5.49. The van der Waals surface area contributed by atoms with Crippen molar-refractivity contribution in [2.24, 2.45) is 22.2 Å². The fraction of sp³-hybridized carbons (Fsp3) is 0.706. The molecule has 1 fully saturated rings. The molecule has 1 rings (SSSR count). The Kier molecular flexibility index (Phi) is 11.5. The predicted molar refractivity (Wildman–Crippen MR) is 122 cm³/mol. The topological polar surface area (TPSA) is 206 Å². The molecule has 0 aliphatic carbocycles. The van der Waals surface area contributed by atoms with Crippen LogP contribution in [-0.2, 0) is 19.2 Å². The van der Waals surface area contributed by atoms with E-state index in [-0.39, 0.29) is 36.3 Å². The van der Waals surface area contributed by atoms with Crippen molar-refractivity contribution < 1.29 is 24.3 Å². The highest BCUT2D eigenvalue weighted by Crippen LogP contribution is 2.18. The van der Waals surface area contributed by atoms with Crippen molar-refractivity contribution in [3.63, 3.8) is 0 Å². The van der Waals surface area contributed by atoms with Crippen molar-refractivity contribution in [3.05, 3.63) is 0 Å². The van der Waals surface area contributed by atoms with Crippen LogP contribution in [-0.4, -0.2) is 88.4 Å². The summed E-state index contributed by atoms with van der Waals surface area (Å²) in [5, 5.41) is 14.3. The molecule has 0 aromatic rings. The van der Waals surface area contributed by atoms with E-state index in [2.05, 4.69) is 40.9 Å². The number of rotatable bonds is 12. The highest BCUT2D eigenvalue weighted by Gasteiger charge is 2.37. The zero-order chi connectivity index (χ0) is 23.6. The Morgan fingerprint density at radius 3 is 2.35 bits per heavy atom. The molecule has 0 radical (unpaired) electrons. The Balaban J connectivity index is 2.71. The maximum Gasteiger partial charge on any atom is 0.326 e. The summed E-state index contributed by atoms with van der Waals surface area (Å²) in [4.78, 5) is 54.2. The summed E-state index contributed by atoms with van der Waals surface area (Å²) >= 11 is 8.10. The number of carbonyl (C=O) groups is 4. The average Bonchev–Trinajstić information content (AvgIpc) is 3.22. The van der Waals surface area contributed by atoms with Gasteiger partial charge in [-0.2, -0.15) is 25.3 Å². The molecular weight excluding hydrogens is 446 g/mol. The van der Waals surface area contributed by atoms with E-state index in [4.69, 9.17) is 17.2 Å². The van der Waals surface area contributed by atoms with Crippen LogP contribution in [0.25, 0.3) is 0 Å². The third kappa shape index (κ3) is 8.45. The number of aliphatic carboxylic acids is 1. The molecule has 4 unspecified atom stereocenters. The Hall–Kier alpha value is -2.19. The summed E-state index contributed by atoms with van der Waals surface area (Å²) in [6.07, 6.45) is 1.48. The summed E-state index contributed by atoms with van der Waals surface area (Å²) in [6, 6.07) is -3.84. The number of hydrogen-bond acceptors (Lipinski definition) is 8. The molecule has 0 saturated carbocycles. The molecule has 1 heterocycles. The number of nitrogens with two attached hydrogens (primary N) is 3. The van der Waals surface area contributed by atoms with Crippen LogP contribution in [0.1, 0.15) is 25.7 Å². The fourth-order valence-corrected chi connectivity index (χ4v) is 3.50. The lowest BCUT2D eigenvalue weighted by molar-refractivity contribution is -0.143. The monoisotopic (exact) mass is 477 g/mol. The van der Waals surface area contributed by atoms with Crippen LogP contribution < -0.4 is 27.8 Å². The maximum absolute atomic E-state index is 12.7. The quantitative estimate of drug-likeness (QED) is 0.0639. The number of thiol groups is 2. The van der Waals surface area contributed by atoms with Gasteiger partial charge in [0, 0.05) is 24.6 Å². The number of amides is 3. The van der Waals surface area contributed by atoms with Gasteiger partial charge in [-0.15, -0.1) is 0 Å². The third-order valence-electron chi connectivity index (χ3n) is 4.73. The van der Waals surface area contributed by atoms with Crippen molar-refractivity contribution in [1.29, 1.82) is 0 Å². The van der Waals surface area contributed by atoms with Gasteiger partial charge in [0.25, 0.3) is 0 Å². The highest BCUT2D eigenvalue weighted by atomic mass is 32.1. The standard InChI is InChI=1S/C17H31N7O5S2/c18-9(7-30)15(27)24-6-2-4-12(24)14(26)23-11(8-31)13(25)22-10(16(28)29)3-1-5-21-17(19)20/h9-12,30-31H,1-8,18H2,(H,22,25)(H,23,26)(H,28,29)(H4,19,20,21). The lowest BCUT2D eigenvalue weighted by Gasteiger charge is -2.28. The number of carbonyl (C=O) groups excluding carboxylic acids is 3. The Morgan fingerprint density at radius 1 is 1.13 bits per heavy atom. The summed E-state index contributed by atoms with van der Waals surface area (Å²) in [5.41, 5.74) is 16.2. The number of likely N-dealkylation sites (tertiary alicyclic amines) is 1. The molecular formula is C17H31N7O5S2. The zero-order valence-electron chi connectivity index (χ0n) is 17.1. The second kappa shape index (κ2) is 13.3. The van der Waals surface area contributed by atoms with Crippen molar-refractivity contribution in [2.45, 2.75) is 49.9 Å².